The zero-order valence-corrected chi connectivity index (χ0v) is 17.4. The van der Waals surface area contributed by atoms with E-state index >= 15 is 0 Å². The van der Waals surface area contributed by atoms with Crippen molar-refractivity contribution in [2.45, 2.75) is 32.6 Å². The van der Waals surface area contributed by atoms with Crippen molar-refractivity contribution in [3.05, 3.63) is 36.4 Å². The molecular weight excluding hydrogens is 366 g/mol. The summed E-state index contributed by atoms with van der Waals surface area (Å²) in [7, 11) is 0. The highest BCUT2D eigenvalue weighted by molar-refractivity contribution is 5.44. The first-order valence-corrected chi connectivity index (χ1v) is 10.2. The second kappa shape index (κ2) is 8.28. The summed E-state index contributed by atoms with van der Waals surface area (Å²) < 4.78 is 1.84. The Bertz CT molecular complexity index is 924. The van der Waals surface area contributed by atoms with Gasteiger partial charge >= 0.3 is 0 Å². The van der Waals surface area contributed by atoms with Gasteiger partial charge in [0, 0.05) is 50.5 Å². The molecule has 154 valence electrons. The Morgan fingerprint density at radius 1 is 1.00 bits per heavy atom. The van der Waals surface area contributed by atoms with Gasteiger partial charge in [0.05, 0.1) is 0 Å². The second-order valence-corrected chi connectivity index (χ2v) is 8.42. The molecule has 0 spiro atoms. The van der Waals surface area contributed by atoms with Crippen molar-refractivity contribution < 1.29 is 0 Å². The van der Waals surface area contributed by atoms with Gasteiger partial charge in [0.15, 0.2) is 11.5 Å². The fourth-order valence-electron chi connectivity index (χ4n) is 3.50. The van der Waals surface area contributed by atoms with Crippen LogP contribution in [0, 0.1) is 0 Å². The zero-order chi connectivity index (χ0) is 20.3. The van der Waals surface area contributed by atoms with Gasteiger partial charge in [-0.2, -0.15) is 4.52 Å². The Balaban J connectivity index is 1.24. The number of hydrogen-bond acceptors (Lipinski definition) is 8. The Morgan fingerprint density at radius 3 is 2.48 bits per heavy atom. The van der Waals surface area contributed by atoms with Crippen molar-refractivity contribution in [3.8, 4) is 0 Å². The number of rotatable bonds is 6. The van der Waals surface area contributed by atoms with Crippen molar-refractivity contribution in [2.24, 2.45) is 0 Å². The van der Waals surface area contributed by atoms with Crippen LogP contribution in [-0.4, -0.2) is 73.9 Å². The summed E-state index contributed by atoms with van der Waals surface area (Å²) in [5.74, 6) is 2.56. The van der Waals surface area contributed by atoms with Crippen molar-refractivity contribution >= 4 is 17.4 Å². The molecule has 0 aromatic carbocycles. The molecule has 0 amide bonds. The van der Waals surface area contributed by atoms with E-state index in [1.807, 2.05) is 22.7 Å². The molecule has 4 heterocycles. The van der Waals surface area contributed by atoms with Crippen LogP contribution in [0.15, 0.2) is 30.6 Å². The highest BCUT2D eigenvalue weighted by atomic mass is 15.4. The lowest BCUT2D eigenvalue weighted by atomic mass is 9.96. The van der Waals surface area contributed by atoms with Gasteiger partial charge < -0.3 is 10.2 Å². The predicted molar refractivity (Wildman–Crippen MR) is 113 cm³/mol. The molecule has 1 aliphatic rings. The maximum Gasteiger partial charge on any atom is 0.225 e. The van der Waals surface area contributed by atoms with Crippen LogP contribution in [0.25, 0.3) is 5.65 Å². The Morgan fingerprint density at radius 2 is 1.76 bits per heavy atom. The van der Waals surface area contributed by atoms with Gasteiger partial charge in [-0.1, -0.05) is 20.8 Å². The van der Waals surface area contributed by atoms with E-state index in [1.165, 1.54) is 0 Å². The molecule has 1 N–H and O–H groups in total. The lowest BCUT2D eigenvalue weighted by molar-refractivity contribution is 0.256. The first-order valence-electron chi connectivity index (χ1n) is 10.2. The van der Waals surface area contributed by atoms with E-state index in [0.717, 1.165) is 68.9 Å². The van der Waals surface area contributed by atoms with Crippen molar-refractivity contribution in [2.75, 3.05) is 49.5 Å². The molecule has 3 aromatic heterocycles. The quantitative estimate of drug-likeness (QED) is 0.633. The molecular formula is C20H29N9. The maximum atomic E-state index is 4.68. The van der Waals surface area contributed by atoms with Crippen LogP contribution in [0.4, 0.5) is 11.8 Å². The summed E-state index contributed by atoms with van der Waals surface area (Å²) in [5.41, 5.74) is 0.679. The summed E-state index contributed by atoms with van der Waals surface area (Å²) in [6.45, 7) is 12.3. The standard InChI is InChI=1S/C20H29N9/c1-20(2,3)18-25-24-17-7-6-16(26-29(17)18)21-10-5-11-27-12-14-28(15-13-27)19-22-8-4-9-23-19/h4,6-9H,5,10-15H2,1-3H3,(H,21,26). The van der Waals surface area contributed by atoms with E-state index < -0.39 is 0 Å². The van der Waals surface area contributed by atoms with Crippen LogP contribution in [0.5, 0.6) is 0 Å². The number of anilines is 2. The van der Waals surface area contributed by atoms with Gasteiger partial charge in [-0.25, -0.2) is 9.97 Å². The SMILES string of the molecule is CC(C)(C)c1nnc2ccc(NCCCN3CCN(c4ncccn4)CC3)nn12. The Hall–Kier alpha value is -2.81. The van der Waals surface area contributed by atoms with E-state index in [-0.39, 0.29) is 5.41 Å². The van der Waals surface area contributed by atoms with Crippen molar-refractivity contribution in [1.29, 1.82) is 0 Å². The number of piperazine rings is 1. The molecule has 0 bridgehead atoms. The molecule has 1 aliphatic heterocycles. The summed E-state index contributed by atoms with van der Waals surface area (Å²) in [6, 6.07) is 5.78. The third kappa shape index (κ3) is 4.61. The van der Waals surface area contributed by atoms with Crippen LogP contribution in [0.2, 0.25) is 0 Å². The molecule has 4 rings (SSSR count). The van der Waals surface area contributed by atoms with Gasteiger partial charge in [-0.15, -0.1) is 15.3 Å². The van der Waals surface area contributed by atoms with E-state index in [2.05, 4.69) is 61.2 Å². The van der Waals surface area contributed by atoms with Gasteiger partial charge in [-0.3, -0.25) is 4.90 Å². The first kappa shape index (κ1) is 19.5. The molecule has 0 atom stereocenters. The van der Waals surface area contributed by atoms with Crippen LogP contribution in [-0.2, 0) is 5.41 Å². The number of fused-ring (bicyclic) bond motifs is 1. The first-order chi connectivity index (χ1) is 14.0. The summed E-state index contributed by atoms with van der Waals surface area (Å²) >= 11 is 0. The number of nitrogens with one attached hydrogen (secondary N) is 1. The molecule has 0 radical (unpaired) electrons. The van der Waals surface area contributed by atoms with Gasteiger partial charge in [0.1, 0.15) is 5.82 Å². The molecule has 9 heteroatoms. The Labute approximate surface area is 171 Å². The molecule has 1 saturated heterocycles. The Kier molecular flexibility index (Phi) is 5.57. The molecule has 0 saturated carbocycles. The number of hydrogen-bond donors (Lipinski definition) is 1. The van der Waals surface area contributed by atoms with Gasteiger partial charge in [0.2, 0.25) is 5.95 Å². The predicted octanol–water partition coefficient (Wildman–Crippen LogP) is 1.84. The molecule has 0 unspecified atom stereocenters. The fraction of sp³-hybridized carbons (Fsp3) is 0.550. The van der Waals surface area contributed by atoms with Crippen LogP contribution >= 0.6 is 0 Å². The smallest absolute Gasteiger partial charge is 0.225 e. The number of nitrogens with zero attached hydrogens (tertiary/aromatic N) is 8. The van der Waals surface area contributed by atoms with E-state index in [1.54, 1.807) is 12.4 Å². The van der Waals surface area contributed by atoms with Crippen LogP contribution in [0.1, 0.15) is 33.0 Å². The normalized spacial score (nSPS) is 15.8. The van der Waals surface area contributed by atoms with E-state index in [0.29, 0.717) is 0 Å². The molecule has 0 aliphatic carbocycles. The summed E-state index contributed by atoms with van der Waals surface area (Å²) in [6.07, 6.45) is 4.67. The third-order valence-electron chi connectivity index (χ3n) is 5.10. The molecule has 9 nitrogen and oxygen atoms in total. The molecule has 1 fully saturated rings. The minimum Gasteiger partial charge on any atom is -0.369 e. The highest BCUT2D eigenvalue weighted by Crippen LogP contribution is 2.20. The largest absolute Gasteiger partial charge is 0.369 e. The minimum atomic E-state index is -0.0992. The van der Waals surface area contributed by atoms with Gasteiger partial charge in [-0.05, 0) is 31.2 Å². The minimum absolute atomic E-state index is 0.0992. The fourth-order valence-corrected chi connectivity index (χ4v) is 3.50. The highest BCUT2D eigenvalue weighted by Gasteiger charge is 2.22. The van der Waals surface area contributed by atoms with Crippen LogP contribution in [0.3, 0.4) is 0 Å². The lowest BCUT2D eigenvalue weighted by Gasteiger charge is -2.34. The van der Waals surface area contributed by atoms with Gasteiger partial charge in [0.25, 0.3) is 0 Å². The third-order valence-corrected chi connectivity index (χ3v) is 5.10. The van der Waals surface area contributed by atoms with Crippen LogP contribution < -0.4 is 10.2 Å². The van der Waals surface area contributed by atoms with E-state index in [4.69, 9.17) is 0 Å². The second-order valence-electron chi connectivity index (χ2n) is 8.42. The van der Waals surface area contributed by atoms with Crippen molar-refractivity contribution in [1.82, 2.24) is 34.7 Å². The zero-order valence-electron chi connectivity index (χ0n) is 17.4. The maximum absolute atomic E-state index is 4.68. The topological polar surface area (TPSA) is 87.4 Å². The number of aromatic nitrogens is 6. The lowest BCUT2D eigenvalue weighted by Crippen LogP contribution is -2.47. The molecule has 3 aromatic rings. The summed E-state index contributed by atoms with van der Waals surface area (Å²) in [5, 5.41) is 16.6. The molecule has 29 heavy (non-hydrogen) atoms. The monoisotopic (exact) mass is 395 g/mol. The van der Waals surface area contributed by atoms with Crippen molar-refractivity contribution in [3.63, 3.8) is 0 Å². The average Bonchev–Trinajstić information content (AvgIpc) is 3.16. The van der Waals surface area contributed by atoms with E-state index in [9.17, 15) is 0 Å². The average molecular weight is 396 g/mol. The summed E-state index contributed by atoms with van der Waals surface area (Å²) in [4.78, 5) is 13.4.